The van der Waals surface area contributed by atoms with E-state index in [2.05, 4.69) is 29.2 Å². The summed E-state index contributed by atoms with van der Waals surface area (Å²) in [6.07, 6.45) is 6.63. The van der Waals surface area contributed by atoms with Crippen LogP contribution in [0.4, 0.5) is 0 Å². The third kappa shape index (κ3) is 4.53. The van der Waals surface area contributed by atoms with E-state index < -0.39 is 0 Å². The normalized spacial score (nSPS) is 10.4. The molecule has 0 saturated carbocycles. The molecule has 0 atom stereocenters. The van der Waals surface area contributed by atoms with Crippen molar-refractivity contribution in [2.24, 2.45) is 0 Å². The van der Waals surface area contributed by atoms with Gasteiger partial charge in [0.2, 0.25) is 0 Å². The van der Waals surface area contributed by atoms with Crippen LogP contribution in [0.1, 0.15) is 24.6 Å². The molecule has 0 N–H and O–H groups in total. The summed E-state index contributed by atoms with van der Waals surface area (Å²) in [7, 11) is 0. The first-order valence-electron chi connectivity index (χ1n) is 6.98. The van der Waals surface area contributed by atoms with Crippen molar-refractivity contribution in [1.29, 1.82) is 0 Å². The summed E-state index contributed by atoms with van der Waals surface area (Å²) in [5.41, 5.74) is 2.36. The van der Waals surface area contributed by atoms with Gasteiger partial charge in [0.15, 0.2) is 0 Å². The van der Waals surface area contributed by atoms with Gasteiger partial charge in [-0.15, -0.1) is 0 Å². The van der Waals surface area contributed by atoms with Gasteiger partial charge in [0.25, 0.3) is 0 Å². The van der Waals surface area contributed by atoms with E-state index in [0.717, 1.165) is 25.0 Å². The Labute approximate surface area is 119 Å². The fourth-order valence-corrected chi connectivity index (χ4v) is 2.10. The maximum atomic E-state index is 11.3. The number of hydrogen-bond acceptors (Lipinski definition) is 3. The number of aromatic nitrogens is 2. The molecule has 0 aliphatic rings. The Balaban J connectivity index is 1.77. The molecule has 0 radical (unpaired) electrons. The van der Waals surface area contributed by atoms with E-state index in [9.17, 15) is 4.79 Å². The minimum absolute atomic E-state index is 0.222. The topological polar surface area (TPSA) is 44.1 Å². The highest BCUT2D eigenvalue weighted by Crippen LogP contribution is 2.07. The standard InChI is InChI=1S/C16H20N2O2/c1-2-20-16(19)12-18-11-15(17-13-18)10-6-9-14-7-4-3-5-8-14/h3-5,7-8,11,13H,2,6,9-10,12H2,1H3. The Morgan fingerprint density at radius 3 is 2.80 bits per heavy atom. The van der Waals surface area contributed by atoms with Gasteiger partial charge in [-0.3, -0.25) is 4.79 Å². The highest BCUT2D eigenvalue weighted by molar-refractivity contribution is 5.69. The van der Waals surface area contributed by atoms with Crippen molar-refractivity contribution >= 4 is 5.97 Å². The van der Waals surface area contributed by atoms with Gasteiger partial charge in [-0.1, -0.05) is 30.3 Å². The zero-order valence-corrected chi connectivity index (χ0v) is 11.8. The molecular weight excluding hydrogens is 252 g/mol. The number of carbonyl (C=O) groups excluding carboxylic acids is 1. The van der Waals surface area contributed by atoms with Gasteiger partial charge in [0, 0.05) is 6.20 Å². The lowest BCUT2D eigenvalue weighted by molar-refractivity contribution is -0.143. The number of rotatable bonds is 7. The van der Waals surface area contributed by atoms with E-state index in [1.54, 1.807) is 17.8 Å². The summed E-state index contributed by atoms with van der Waals surface area (Å²) in [6, 6.07) is 10.4. The lowest BCUT2D eigenvalue weighted by Gasteiger charge is -2.01. The monoisotopic (exact) mass is 272 g/mol. The third-order valence-corrected chi connectivity index (χ3v) is 3.04. The van der Waals surface area contributed by atoms with Gasteiger partial charge < -0.3 is 9.30 Å². The number of benzene rings is 1. The highest BCUT2D eigenvalue weighted by atomic mass is 16.5. The van der Waals surface area contributed by atoms with E-state index >= 15 is 0 Å². The van der Waals surface area contributed by atoms with E-state index in [1.165, 1.54) is 5.56 Å². The van der Waals surface area contributed by atoms with Gasteiger partial charge in [-0.25, -0.2) is 4.98 Å². The van der Waals surface area contributed by atoms with Crippen molar-refractivity contribution in [3.63, 3.8) is 0 Å². The van der Waals surface area contributed by atoms with Crippen LogP contribution in [0, 0.1) is 0 Å². The van der Waals surface area contributed by atoms with Gasteiger partial charge in [-0.05, 0) is 31.7 Å². The van der Waals surface area contributed by atoms with Gasteiger partial charge >= 0.3 is 5.97 Å². The predicted octanol–water partition coefficient (Wildman–Crippen LogP) is 2.62. The molecule has 0 amide bonds. The first-order chi connectivity index (χ1) is 9.78. The summed E-state index contributed by atoms with van der Waals surface area (Å²) >= 11 is 0. The fourth-order valence-electron chi connectivity index (χ4n) is 2.10. The summed E-state index contributed by atoms with van der Waals surface area (Å²) in [4.78, 5) is 15.7. The fraction of sp³-hybridized carbons (Fsp3) is 0.375. The lowest BCUT2D eigenvalue weighted by atomic mass is 10.1. The number of ether oxygens (including phenoxy) is 1. The molecule has 2 rings (SSSR count). The minimum Gasteiger partial charge on any atom is -0.465 e. The Morgan fingerprint density at radius 1 is 1.25 bits per heavy atom. The minimum atomic E-state index is -0.222. The van der Waals surface area contributed by atoms with Crippen LogP contribution in [0.25, 0.3) is 0 Å². The molecule has 1 aromatic carbocycles. The van der Waals surface area contributed by atoms with Crippen molar-refractivity contribution in [2.75, 3.05) is 6.61 Å². The third-order valence-electron chi connectivity index (χ3n) is 3.04. The molecule has 0 saturated heterocycles. The molecule has 4 heteroatoms. The molecule has 0 spiro atoms. The number of esters is 1. The maximum Gasteiger partial charge on any atom is 0.325 e. The van der Waals surface area contributed by atoms with Crippen molar-refractivity contribution < 1.29 is 9.53 Å². The molecule has 0 aliphatic carbocycles. The molecule has 2 aromatic rings. The molecule has 0 aliphatic heterocycles. The van der Waals surface area contributed by atoms with Crippen molar-refractivity contribution in [3.8, 4) is 0 Å². The molecule has 1 heterocycles. The molecule has 0 unspecified atom stereocenters. The van der Waals surface area contributed by atoms with E-state index in [1.807, 2.05) is 12.3 Å². The zero-order valence-electron chi connectivity index (χ0n) is 11.8. The van der Waals surface area contributed by atoms with Crippen LogP contribution in [0.2, 0.25) is 0 Å². The second kappa shape index (κ2) is 7.48. The number of aryl methyl sites for hydroxylation is 2. The van der Waals surface area contributed by atoms with Crippen molar-refractivity contribution in [1.82, 2.24) is 9.55 Å². The Morgan fingerprint density at radius 2 is 2.05 bits per heavy atom. The average Bonchev–Trinajstić information content (AvgIpc) is 2.88. The molecule has 20 heavy (non-hydrogen) atoms. The second-order valence-corrected chi connectivity index (χ2v) is 4.68. The molecular formula is C16H20N2O2. The number of carbonyl (C=O) groups is 1. The maximum absolute atomic E-state index is 11.3. The quantitative estimate of drug-likeness (QED) is 0.728. The first kappa shape index (κ1) is 14.3. The molecule has 0 fully saturated rings. The van der Waals surface area contributed by atoms with E-state index in [0.29, 0.717) is 6.61 Å². The zero-order chi connectivity index (χ0) is 14.2. The molecule has 106 valence electrons. The van der Waals surface area contributed by atoms with Crippen LogP contribution in [-0.2, 0) is 28.9 Å². The van der Waals surface area contributed by atoms with Crippen LogP contribution in [0.3, 0.4) is 0 Å². The Bertz CT molecular complexity index is 534. The first-order valence-corrected chi connectivity index (χ1v) is 6.98. The smallest absolute Gasteiger partial charge is 0.325 e. The lowest BCUT2D eigenvalue weighted by Crippen LogP contribution is -2.11. The summed E-state index contributed by atoms with van der Waals surface area (Å²) in [5, 5.41) is 0. The number of hydrogen-bond donors (Lipinski definition) is 0. The molecule has 4 nitrogen and oxygen atoms in total. The summed E-state index contributed by atoms with van der Waals surface area (Å²) in [6.45, 7) is 2.46. The number of imidazole rings is 1. The van der Waals surface area contributed by atoms with Crippen LogP contribution in [0.5, 0.6) is 0 Å². The van der Waals surface area contributed by atoms with Gasteiger partial charge in [0.1, 0.15) is 6.54 Å². The predicted molar refractivity (Wildman–Crippen MR) is 77.3 cm³/mol. The van der Waals surface area contributed by atoms with E-state index in [-0.39, 0.29) is 12.5 Å². The average molecular weight is 272 g/mol. The van der Waals surface area contributed by atoms with Crippen LogP contribution < -0.4 is 0 Å². The van der Waals surface area contributed by atoms with Crippen LogP contribution in [0.15, 0.2) is 42.9 Å². The van der Waals surface area contributed by atoms with Crippen LogP contribution >= 0.6 is 0 Å². The van der Waals surface area contributed by atoms with Gasteiger partial charge in [-0.2, -0.15) is 0 Å². The number of nitrogens with zero attached hydrogens (tertiary/aromatic N) is 2. The van der Waals surface area contributed by atoms with Crippen molar-refractivity contribution in [3.05, 3.63) is 54.1 Å². The van der Waals surface area contributed by atoms with Crippen LogP contribution in [-0.4, -0.2) is 22.1 Å². The van der Waals surface area contributed by atoms with E-state index in [4.69, 9.17) is 4.74 Å². The molecule has 0 bridgehead atoms. The van der Waals surface area contributed by atoms with Crippen molar-refractivity contribution in [2.45, 2.75) is 32.7 Å². The largest absolute Gasteiger partial charge is 0.465 e. The Hall–Kier alpha value is -2.10. The second-order valence-electron chi connectivity index (χ2n) is 4.68. The highest BCUT2D eigenvalue weighted by Gasteiger charge is 2.05. The summed E-state index contributed by atoms with van der Waals surface area (Å²) in [5.74, 6) is -0.222. The molecule has 1 aromatic heterocycles. The SMILES string of the molecule is CCOC(=O)Cn1cnc(CCCc2ccccc2)c1. The van der Waals surface area contributed by atoms with Gasteiger partial charge in [0.05, 0.1) is 18.6 Å². The summed E-state index contributed by atoms with van der Waals surface area (Å²) < 4.78 is 6.68. The Kier molecular flexibility index (Phi) is 5.35.